The predicted octanol–water partition coefficient (Wildman–Crippen LogP) is -0.437. The first-order valence-electron chi connectivity index (χ1n) is 6.69. The Balaban J connectivity index is 2.18. The summed E-state index contributed by atoms with van der Waals surface area (Å²) < 4.78 is 16.1. The van der Waals surface area contributed by atoms with Gasteiger partial charge in [-0.2, -0.15) is 0 Å². The van der Waals surface area contributed by atoms with Crippen LogP contribution in [0, 0.1) is 9.39 Å². The first-order chi connectivity index (χ1) is 11.0. The number of aliphatic hydroxyl groups is 2. The minimum absolute atomic E-state index is 0.0501. The fourth-order valence-corrected chi connectivity index (χ4v) is 4.29. The van der Waals surface area contributed by atoms with Gasteiger partial charge in [-0.05, 0) is 0 Å². The fourth-order valence-electron chi connectivity index (χ4n) is 1.74. The molecule has 1 heterocycles. The van der Waals surface area contributed by atoms with Crippen molar-refractivity contribution in [2.24, 2.45) is 0 Å². The Bertz CT molecular complexity index is 702. The zero-order valence-corrected chi connectivity index (χ0v) is 15.9. The molecule has 0 bridgehead atoms. The normalized spacial score (nSPS) is 12.5. The molecule has 1 aromatic carbocycles. The van der Waals surface area contributed by atoms with Gasteiger partial charge in [-0.1, -0.05) is 0 Å². The first-order valence-corrected chi connectivity index (χ1v) is 9.64. The van der Waals surface area contributed by atoms with Crippen LogP contribution in [0.25, 0.3) is 0 Å². The molecule has 2 rings (SSSR count). The van der Waals surface area contributed by atoms with Gasteiger partial charge in [-0.15, -0.1) is 0 Å². The number of hydrogen-bond acceptors (Lipinski definition) is 4. The Morgan fingerprint density at radius 3 is 2.87 bits per heavy atom. The van der Waals surface area contributed by atoms with Gasteiger partial charge in [0.05, 0.1) is 0 Å². The Kier molecular flexibility index (Phi) is 6.95. The number of carbonyl (C=O) groups is 1. The summed E-state index contributed by atoms with van der Waals surface area (Å²) in [7, 11) is 0. The van der Waals surface area contributed by atoms with Gasteiger partial charge in [0.1, 0.15) is 0 Å². The molecule has 0 saturated heterocycles. The molecule has 2 aromatic rings. The standard InChI is InChI=1S/C15H14AsFIN2O3/c17-14-5-9(18)1-2-12(14)16-13-7-19-4-3-11(13)15(23)20-6-10(22)8-21/h1-5,7,10,21-22H,6,8H2,(H,20,23). The van der Waals surface area contributed by atoms with Crippen LogP contribution >= 0.6 is 22.6 Å². The SMILES string of the molecule is O=C(NCC(O)CO)c1ccncc1[As]c1ccc(I)cc1F. The third kappa shape index (κ3) is 5.24. The van der Waals surface area contributed by atoms with Crippen LogP contribution in [0.2, 0.25) is 0 Å². The maximum atomic E-state index is 14.0. The number of aliphatic hydroxyl groups excluding tert-OH is 2. The fraction of sp³-hybridized carbons (Fsp3) is 0.200. The zero-order chi connectivity index (χ0) is 16.8. The van der Waals surface area contributed by atoms with Crippen molar-refractivity contribution < 1.29 is 19.4 Å². The molecule has 0 fully saturated rings. The molecular weight excluding hydrogens is 477 g/mol. The third-order valence-corrected chi connectivity index (χ3v) is 6.09. The monoisotopic (exact) mass is 491 g/mol. The number of rotatable bonds is 6. The Hall–Kier alpha value is -1.02. The zero-order valence-electron chi connectivity index (χ0n) is 11.9. The molecule has 0 aliphatic carbocycles. The molecule has 8 heteroatoms. The van der Waals surface area contributed by atoms with Crippen LogP contribution in [0.4, 0.5) is 4.39 Å². The van der Waals surface area contributed by atoms with E-state index in [1.807, 2.05) is 28.7 Å². The summed E-state index contributed by atoms with van der Waals surface area (Å²) in [6.45, 7) is -0.477. The Labute approximate surface area is 153 Å². The molecule has 3 N–H and O–H groups in total. The summed E-state index contributed by atoms with van der Waals surface area (Å²) in [6.07, 6.45) is 2.05. The van der Waals surface area contributed by atoms with E-state index in [-0.39, 0.29) is 18.3 Å². The van der Waals surface area contributed by atoms with Crippen molar-refractivity contribution in [3.8, 4) is 0 Å². The molecule has 23 heavy (non-hydrogen) atoms. The molecule has 0 spiro atoms. The van der Waals surface area contributed by atoms with Crippen molar-refractivity contribution in [2.75, 3.05) is 13.2 Å². The van der Waals surface area contributed by atoms with E-state index in [4.69, 9.17) is 5.11 Å². The minimum atomic E-state index is -1.01. The molecule has 5 nitrogen and oxygen atoms in total. The van der Waals surface area contributed by atoms with Gasteiger partial charge in [-0.25, -0.2) is 0 Å². The molecule has 0 saturated carbocycles. The van der Waals surface area contributed by atoms with Crippen LogP contribution < -0.4 is 14.0 Å². The van der Waals surface area contributed by atoms with Gasteiger partial charge < -0.3 is 0 Å². The number of hydrogen-bond donors (Lipinski definition) is 3. The van der Waals surface area contributed by atoms with Crippen LogP contribution in [0.5, 0.6) is 0 Å². The Morgan fingerprint density at radius 2 is 2.17 bits per heavy atom. The number of nitrogens with zero attached hydrogens (tertiary/aromatic N) is 1. The second-order valence-electron chi connectivity index (χ2n) is 4.65. The first kappa shape index (κ1) is 18.3. The third-order valence-electron chi connectivity index (χ3n) is 2.90. The van der Waals surface area contributed by atoms with E-state index in [0.717, 1.165) is 3.57 Å². The van der Waals surface area contributed by atoms with Gasteiger partial charge in [0.15, 0.2) is 0 Å². The van der Waals surface area contributed by atoms with Crippen molar-refractivity contribution in [1.29, 1.82) is 0 Å². The van der Waals surface area contributed by atoms with Crippen molar-refractivity contribution in [3.63, 3.8) is 0 Å². The summed E-state index contributed by atoms with van der Waals surface area (Å²) in [6, 6.07) is 6.57. The average molecular weight is 491 g/mol. The van der Waals surface area contributed by atoms with Crippen LogP contribution in [0.3, 0.4) is 0 Å². The number of pyridine rings is 1. The van der Waals surface area contributed by atoms with Crippen molar-refractivity contribution in [2.45, 2.75) is 6.10 Å². The summed E-state index contributed by atoms with van der Waals surface area (Å²) >= 11 is 1.30. The van der Waals surface area contributed by atoms with Crippen LogP contribution in [-0.4, -0.2) is 56.1 Å². The molecule has 1 radical (unpaired) electrons. The van der Waals surface area contributed by atoms with E-state index in [1.165, 1.54) is 12.3 Å². The molecule has 1 unspecified atom stereocenters. The molecular formula is C15H14AsFIN2O3. The van der Waals surface area contributed by atoms with E-state index in [1.54, 1.807) is 18.3 Å². The Morgan fingerprint density at radius 1 is 1.39 bits per heavy atom. The molecule has 1 aromatic heterocycles. The summed E-state index contributed by atoms with van der Waals surface area (Å²) in [5.74, 6) is -0.668. The van der Waals surface area contributed by atoms with Crippen LogP contribution in [0.1, 0.15) is 10.4 Å². The van der Waals surface area contributed by atoms with Gasteiger partial charge in [0.2, 0.25) is 0 Å². The van der Waals surface area contributed by atoms with E-state index >= 15 is 0 Å². The molecule has 0 aliphatic rings. The summed E-state index contributed by atoms with van der Waals surface area (Å²) in [5.41, 5.74) is 0.406. The van der Waals surface area contributed by atoms with Crippen LogP contribution in [-0.2, 0) is 0 Å². The quantitative estimate of drug-likeness (QED) is 0.379. The molecule has 0 aliphatic heterocycles. The molecule has 1 atom stereocenters. The molecule has 121 valence electrons. The van der Waals surface area contributed by atoms with Gasteiger partial charge in [-0.3, -0.25) is 0 Å². The number of nitrogens with one attached hydrogen (secondary N) is 1. The van der Waals surface area contributed by atoms with E-state index in [9.17, 15) is 14.3 Å². The molecule has 1 amide bonds. The number of amides is 1. The van der Waals surface area contributed by atoms with E-state index in [2.05, 4.69) is 10.3 Å². The summed E-state index contributed by atoms with van der Waals surface area (Å²) in [4.78, 5) is 16.2. The van der Waals surface area contributed by atoms with Gasteiger partial charge >= 0.3 is 154 Å². The van der Waals surface area contributed by atoms with Gasteiger partial charge in [0, 0.05) is 0 Å². The number of benzene rings is 1. The number of carbonyl (C=O) groups excluding carboxylic acids is 1. The predicted molar refractivity (Wildman–Crippen MR) is 93.8 cm³/mol. The van der Waals surface area contributed by atoms with E-state index in [0.29, 0.717) is 14.3 Å². The van der Waals surface area contributed by atoms with Crippen molar-refractivity contribution in [3.05, 3.63) is 51.6 Å². The summed E-state index contributed by atoms with van der Waals surface area (Å²) in [5, 5.41) is 20.6. The van der Waals surface area contributed by atoms with Crippen molar-refractivity contribution in [1.82, 2.24) is 10.3 Å². The maximum absolute atomic E-state index is 14.0. The number of halogens is 2. The van der Waals surface area contributed by atoms with E-state index < -0.39 is 28.5 Å². The van der Waals surface area contributed by atoms with Crippen molar-refractivity contribution >= 4 is 53.0 Å². The second-order valence-corrected chi connectivity index (χ2v) is 8.38. The topological polar surface area (TPSA) is 82.5 Å². The van der Waals surface area contributed by atoms with Gasteiger partial charge in [0.25, 0.3) is 0 Å². The van der Waals surface area contributed by atoms with Crippen LogP contribution in [0.15, 0.2) is 36.7 Å². The second kappa shape index (κ2) is 8.73. The average Bonchev–Trinajstić information content (AvgIpc) is 2.55. The number of aromatic nitrogens is 1.